The van der Waals surface area contributed by atoms with E-state index in [9.17, 15) is 17.2 Å². The summed E-state index contributed by atoms with van der Waals surface area (Å²) in [6.07, 6.45) is -0.602. The van der Waals surface area contributed by atoms with Gasteiger partial charge in [-0.25, -0.2) is 22.2 Å². The number of pyridine rings is 1. The number of nitrogens with two attached hydrogens (primary N) is 1. The molecule has 12 heteroatoms. The van der Waals surface area contributed by atoms with Crippen molar-refractivity contribution in [1.29, 1.82) is 0 Å². The average Bonchev–Trinajstić information content (AvgIpc) is 3.34. The number of hydrogen-bond donors (Lipinski definition) is 1. The van der Waals surface area contributed by atoms with Gasteiger partial charge in [0.1, 0.15) is 11.6 Å². The quantitative estimate of drug-likeness (QED) is 0.391. The highest BCUT2D eigenvalue weighted by atomic mass is 32.2. The van der Waals surface area contributed by atoms with Crippen molar-refractivity contribution < 1.29 is 21.6 Å². The first-order valence-electron chi connectivity index (χ1n) is 12.1. The van der Waals surface area contributed by atoms with E-state index in [4.69, 9.17) is 10.2 Å². The van der Waals surface area contributed by atoms with Gasteiger partial charge in [-0.3, -0.25) is 4.31 Å². The Bertz CT molecular complexity index is 1320. The molecular weight excluding hydrogens is 502 g/mol. The smallest absolute Gasteiger partial charge is 0.255 e. The van der Waals surface area contributed by atoms with Crippen LogP contribution < -0.4 is 14.9 Å². The maximum atomic E-state index is 13.5. The van der Waals surface area contributed by atoms with Crippen molar-refractivity contribution in [3.63, 3.8) is 0 Å². The molecule has 4 atom stereocenters. The molecule has 4 rings (SSSR count). The van der Waals surface area contributed by atoms with Crippen molar-refractivity contribution >= 4 is 21.7 Å². The van der Waals surface area contributed by atoms with Crippen LogP contribution in [0.5, 0.6) is 0 Å². The van der Waals surface area contributed by atoms with Crippen molar-refractivity contribution in [2.75, 3.05) is 35.6 Å². The molecule has 0 amide bonds. The van der Waals surface area contributed by atoms with E-state index < -0.39 is 29.0 Å². The Labute approximate surface area is 215 Å². The number of aromatic nitrogens is 3. The minimum absolute atomic E-state index is 0.0619. The second kappa shape index (κ2) is 10.7. The summed E-state index contributed by atoms with van der Waals surface area (Å²) in [7, 11) is -2.32. The first-order valence-corrected chi connectivity index (χ1v) is 13.9. The molecule has 1 fully saturated rings. The lowest BCUT2D eigenvalue weighted by atomic mass is 9.95. The van der Waals surface area contributed by atoms with E-state index in [1.54, 1.807) is 6.07 Å². The van der Waals surface area contributed by atoms with Gasteiger partial charge in [-0.15, -0.1) is 10.2 Å². The Hall–Kier alpha value is -3.12. The fraction of sp³-hybridized carbons (Fsp3) is 0.480. The van der Waals surface area contributed by atoms with E-state index in [1.165, 1.54) is 18.0 Å². The van der Waals surface area contributed by atoms with Gasteiger partial charge in [0.05, 0.1) is 18.7 Å². The van der Waals surface area contributed by atoms with Crippen molar-refractivity contribution in [2.45, 2.75) is 38.7 Å². The Balaban J connectivity index is 1.71. The SMILES string of the molecule is CC1CC1CN(CC(F)F)c1cc(-c2nnc([C@H](C)C(N)c3ccccc3)o2)cc(N(C)S(C)(=O)=O)n1. The van der Waals surface area contributed by atoms with Crippen LogP contribution in [0.15, 0.2) is 46.9 Å². The lowest BCUT2D eigenvalue weighted by Crippen LogP contribution is -2.33. The fourth-order valence-corrected chi connectivity index (χ4v) is 4.57. The third-order valence-electron chi connectivity index (χ3n) is 6.83. The maximum Gasteiger partial charge on any atom is 0.255 e. The highest BCUT2D eigenvalue weighted by Crippen LogP contribution is 2.40. The number of anilines is 2. The lowest BCUT2D eigenvalue weighted by molar-refractivity contribution is 0.154. The van der Waals surface area contributed by atoms with Gasteiger partial charge < -0.3 is 15.1 Å². The number of rotatable bonds is 11. The molecule has 0 saturated heterocycles. The predicted molar refractivity (Wildman–Crippen MR) is 138 cm³/mol. The largest absolute Gasteiger partial charge is 0.420 e. The summed E-state index contributed by atoms with van der Waals surface area (Å²) in [6.45, 7) is 3.80. The van der Waals surface area contributed by atoms with Gasteiger partial charge in [0.25, 0.3) is 6.43 Å². The zero-order valence-electron chi connectivity index (χ0n) is 21.3. The van der Waals surface area contributed by atoms with Crippen molar-refractivity contribution in [2.24, 2.45) is 17.6 Å². The Morgan fingerprint density at radius 3 is 2.41 bits per heavy atom. The zero-order chi connectivity index (χ0) is 26.9. The molecule has 0 aliphatic heterocycles. The van der Waals surface area contributed by atoms with Crippen LogP contribution in [0.1, 0.15) is 43.7 Å². The molecule has 1 aromatic carbocycles. The van der Waals surface area contributed by atoms with Gasteiger partial charge in [0.2, 0.25) is 21.8 Å². The predicted octanol–water partition coefficient (Wildman–Crippen LogP) is 4.06. The van der Waals surface area contributed by atoms with Gasteiger partial charge in [-0.2, -0.15) is 0 Å². The van der Waals surface area contributed by atoms with Gasteiger partial charge in [-0.05, 0) is 36.0 Å². The highest BCUT2D eigenvalue weighted by molar-refractivity contribution is 7.92. The lowest BCUT2D eigenvalue weighted by Gasteiger charge is -2.26. The molecule has 1 saturated carbocycles. The first kappa shape index (κ1) is 26.9. The second-order valence-electron chi connectivity index (χ2n) is 9.74. The van der Waals surface area contributed by atoms with E-state index in [2.05, 4.69) is 22.1 Å². The van der Waals surface area contributed by atoms with Gasteiger partial charge in [-0.1, -0.05) is 44.2 Å². The van der Waals surface area contributed by atoms with E-state index in [1.807, 2.05) is 37.3 Å². The summed E-state index contributed by atoms with van der Waals surface area (Å²) in [5.41, 5.74) is 7.70. The Kier molecular flexibility index (Phi) is 7.79. The van der Waals surface area contributed by atoms with Crippen LogP contribution in [0.2, 0.25) is 0 Å². The molecule has 2 heterocycles. The fourth-order valence-electron chi connectivity index (χ4n) is 4.14. The molecular formula is C25H32F2N6O3S. The standard InChI is InChI=1S/C25H32F2N6O3S/c1-15-10-19(15)13-33(14-20(26)27)22-12-18(11-21(29-22)32(3)37(4,34)35)25-31-30-24(36-25)16(2)23(28)17-8-6-5-7-9-17/h5-9,11-12,15-16,19-20,23H,10,13-14,28H2,1-4H3/t15?,16-,19?,23?/m1/s1. The molecule has 0 radical (unpaired) electrons. The maximum absolute atomic E-state index is 13.5. The minimum Gasteiger partial charge on any atom is -0.420 e. The number of nitrogens with zero attached hydrogens (tertiary/aromatic N) is 5. The molecule has 3 unspecified atom stereocenters. The summed E-state index contributed by atoms with van der Waals surface area (Å²) in [5.74, 6) is 1.11. The van der Waals surface area contributed by atoms with Crippen LogP contribution in [0.3, 0.4) is 0 Å². The van der Waals surface area contributed by atoms with Gasteiger partial charge in [0.15, 0.2) is 0 Å². The number of alkyl halides is 2. The second-order valence-corrected chi connectivity index (χ2v) is 11.8. The highest BCUT2D eigenvalue weighted by Gasteiger charge is 2.35. The Morgan fingerprint density at radius 2 is 1.81 bits per heavy atom. The van der Waals surface area contributed by atoms with E-state index in [-0.39, 0.29) is 29.4 Å². The monoisotopic (exact) mass is 534 g/mol. The minimum atomic E-state index is -3.67. The molecule has 200 valence electrons. The zero-order valence-corrected chi connectivity index (χ0v) is 22.1. The molecule has 1 aliphatic rings. The van der Waals surface area contributed by atoms with E-state index >= 15 is 0 Å². The average molecular weight is 535 g/mol. The number of hydrogen-bond acceptors (Lipinski definition) is 8. The van der Waals surface area contributed by atoms with Crippen LogP contribution in [-0.4, -0.2) is 56.4 Å². The topological polar surface area (TPSA) is 118 Å². The molecule has 2 aromatic heterocycles. The summed E-state index contributed by atoms with van der Waals surface area (Å²) in [4.78, 5) is 5.92. The molecule has 2 N–H and O–H groups in total. The van der Waals surface area contributed by atoms with Crippen molar-refractivity contribution in [1.82, 2.24) is 15.2 Å². The first-order chi connectivity index (χ1) is 17.4. The van der Waals surface area contributed by atoms with E-state index in [0.717, 1.165) is 22.5 Å². The molecule has 9 nitrogen and oxygen atoms in total. The van der Waals surface area contributed by atoms with Gasteiger partial charge in [0, 0.05) is 25.2 Å². The molecule has 3 aromatic rings. The van der Waals surface area contributed by atoms with Crippen LogP contribution in [0.4, 0.5) is 20.4 Å². The van der Waals surface area contributed by atoms with Crippen LogP contribution >= 0.6 is 0 Å². The molecule has 37 heavy (non-hydrogen) atoms. The van der Waals surface area contributed by atoms with Crippen molar-refractivity contribution in [3.05, 3.63) is 53.9 Å². The molecule has 1 aliphatic carbocycles. The normalized spacial score (nSPS) is 19.0. The number of halogens is 2. The van der Waals surface area contributed by atoms with Crippen molar-refractivity contribution in [3.8, 4) is 11.5 Å². The third-order valence-corrected chi connectivity index (χ3v) is 8.01. The van der Waals surface area contributed by atoms with Crippen LogP contribution in [0.25, 0.3) is 11.5 Å². The molecule has 0 spiro atoms. The van der Waals surface area contributed by atoms with Crippen LogP contribution in [0, 0.1) is 11.8 Å². The summed E-state index contributed by atoms with van der Waals surface area (Å²) < 4.78 is 58.4. The van der Waals surface area contributed by atoms with Crippen LogP contribution in [-0.2, 0) is 10.0 Å². The summed E-state index contributed by atoms with van der Waals surface area (Å²) >= 11 is 0. The Morgan fingerprint density at radius 1 is 1.16 bits per heavy atom. The van der Waals surface area contributed by atoms with E-state index in [0.29, 0.717) is 23.9 Å². The number of sulfonamides is 1. The number of benzene rings is 1. The summed E-state index contributed by atoms with van der Waals surface area (Å²) in [6, 6.07) is 12.2. The third kappa shape index (κ3) is 6.42. The molecule has 0 bridgehead atoms. The summed E-state index contributed by atoms with van der Waals surface area (Å²) in [5, 5.41) is 8.33. The van der Waals surface area contributed by atoms with Gasteiger partial charge >= 0.3 is 0 Å².